The lowest BCUT2D eigenvalue weighted by Gasteiger charge is -2.26. The lowest BCUT2D eigenvalue weighted by molar-refractivity contribution is 0.225. The van der Waals surface area contributed by atoms with E-state index in [4.69, 9.17) is 0 Å². The van der Waals surface area contributed by atoms with Crippen molar-refractivity contribution in [3.05, 3.63) is 21.9 Å². The number of rotatable bonds is 6. The summed E-state index contributed by atoms with van der Waals surface area (Å²) in [4.78, 5) is 2.61. The second kappa shape index (κ2) is 7.14. The van der Waals surface area contributed by atoms with Gasteiger partial charge in [0.05, 0.1) is 0 Å². The van der Waals surface area contributed by atoms with E-state index in [0.717, 1.165) is 13.1 Å². The first-order valence-electron chi connectivity index (χ1n) is 6.81. The van der Waals surface area contributed by atoms with Crippen LogP contribution < -0.4 is 5.32 Å². The van der Waals surface area contributed by atoms with Crippen molar-refractivity contribution >= 4 is 11.3 Å². The Morgan fingerprint density at radius 2 is 2.06 bits per heavy atom. The van der Waals surface area contributed by atoms with Crippen LogP contribution in [0.3, 0.4) is 0 Å². The highest BCUT2D eigenvalue weighted by molar-refractivity contribution is 7.08. The predicted octanol–water partition coefficient (Wildman–Crippen LogP) is 3.02. The standard InChI is InChI=1S/C14H24N2S/c1-13-11-17-12-14(13)10-15-6-5-9-16-7-3-2-4-8-16/h11-12,15H,2-10H2,1H3. The number of thiophene rings is 1. The number of hydrogen-bond acceptors (Lipinski definition) is 3. The molecule has 0 radical (unpaired) electrons. The number of aryl methyl sites for hydroxylation is 1. The van der Waals surface area contributed by atoms with Crippen LogP contribution in [0.4, 0.5) is 0 Å². The first kappa shape index (κ1) is 13.1. The molecule has 1 aromatic heterocycles. The molecule has 2 rings (SSSR count). The van der Waals surface area contributed by atoms with Crippen LogP contribution in [0.15, 0.2) is 10.8 Å². The zero-order valence-corrected chi connectivity index (χ0v) is 11.7. The van der Waals surface area contributed by atoms with Gasteiger partial charge in [0, 0.05) is 6.54 Å². The first-order chi connectivity index (χ1) is 8.36. The van der Waals surface area contributed by atoms with Crippen LogP contribution in [0, 0.1) is 6.92 Å². The summed E-state index contributed by atoms with van der Waals surface area (Å²) in [5.74, 6) is 0. The third kappa shape index (κ3) is 4.41. The molecule has 0 saturated carbocycles. The Labute approximate surface area is 109 Å². The van der Waals surface area contributed by atoms with E-state index in [1.165, 1.54) is 56.4 Å². The van der Waals surface area contributed by atoms with E-state index < -0.39 is 0 Å². The van der Waals surface area contributed by atoms with E-state index in [1.807, 2.05) is 0 Å². The molecule has 0 aromatic carbocycles. The average Bonchev–Trinajstić information content (AvgIpc) is 2.76. The Hall–Kier alpha value is -0.380. The molecule has 0 spiro atoms. The zero-order valence-electron chi connectivity index (χ0n) is 10.9. The molecule has 1 aliphatic rings. The predicted molar refractivity (Wildman–Crippen MR) is 75.7 cm³/mol. The van der Waals surface area contributed by atoms with Crippen molar-refractivity contribution in [2.75, 3.05) is 26.2 Å². The second-order valence-corrected chi connectivity index (χ2v) is 5.76. The zero-order chi connectivity index (χ0) is 11.9. The highest BCUT2D eigenvalue weighted by atomic mass is 32.1. The maximum absolute atomic E-state index is 3.55. The molecule has 2 nitrogen and oxygen atoms in total. The van der Waals surface area contributed by atoms with Crippen molar-refractivity contribution in [3.63, 3.8) is 0 Å². The smallest absolute Gasteiger partial charge is 0.0216 e. The van der Waals surface area contributed by atoms with Crippen LogP contribution in [0.5, 0.6) is 0 Å². The molecule has 0 amide bonds. The van der Waals surface area contributed by atoms with Crippen molar-refractivity contribution in [3.8, 4) is 0 Å². The number of piperidine rings is 1. The molecule has 0 atom stereocenters. The monoisotopic (exact) mass is 252 g/mol. The summed E-state index contributed by atoms with van der Waals surface area (Å²) in [6.45, 7) is 8.30. The molecule has 1 saturated heterocycles. The summed E-state index contributed by atoms with van der Waals surface area (Å²) in [5, 5.41) is 8.03. The molecule has 0 unspecified atom stereocenters. The summed E-state index contributed by atoms with van der Waals surface area (Å²) < 4.78 is 0. The van der Waals surface area contributed by atoms with Crippen LogP contribution >= 0.6 is 11.3 Å². The molecule has 96 valence electrons. The van der Waals surface area contributed by atoms with Gasteiger partial charge in [-0.25, -0.2) is 0 Å². The minimum Gasteiger partial charge on any atom is -0.313 e. The average molecular weight is 252 g/mol. The van der Waals surface area contributed by atoms with E-state index >= 15 is 0 Å². The fraction of sp³-hybridized carbons (Fsp3) is 0.714. The Morgan fingerprint density at radius 3 is 2.76 bits per heavy atom. The maximum Gasteiger partial charge on any atom is 0.0216 e. The molecular weight excluding hydrogens is 228 g/mol. The number of nitrogens with one attached hydrogen (secondary N) is 1. The summed E-state index contributed by atoms with van der Waals surface area (Å²) in [6.07, 6.45) is 5.53. The van der Waals surface area contributed by atoms with Gasteiger partial charge in [0.1, 0.15) is 0 Å². The molecule has 1 aliphatic heterocycles. The third-order valence-corrected chi connectivity index (χ3v) is 4.46. The van der Waals surface area contributed by atoms with Gasteiger partial charge in [-0.15, -0.1) is 0 Å². The second-order valence-electron chi connectivity index (χ2n) is 5.01. The number of nitrogens with zero attached hydrogens (tertiary/aromatic N) is 1. The molecule has 3 heteroatoms. The van der Waals surface area contributed by atoms with E-state index in [1.54, 1.807) is 11.3 Å². The van der Waals surface area contributed by atoms with Crippen LogP contribution in [-0.4, -0.2) is 31.1 Å². The fourth-order valence-electron chi connectivity index (χ4n) is 2.40. The Morgan fingerprint density at radius 1 is 1.24 bits per heavy atom. The van der Waals surface area contributed by atoms with Crippen LogP contribution in [0.25, 0.3) is 0 Å². The lowest BCUT2D eigenvalue weighted by Crippen LogP contribution is -2.32. The molecule has 17 heavy (non-hydrogen) atoms. The van der Waals surface area contributed by atoms with E-state index in [0.29, 0.717) is 0 Å². The van der Waals surface area contributed by atoms with Gasteiger partial charge in [0.15, 0.2) is 0 Å². The molecule has 0 aliphatic carbocycles. The molecule has 1 fully saturated rings. The number of likely N-dealkylation sites (tertiary alicyclic amines) is 1. The summed E-state index contributed by atoms with van der Waals surface area (Å²) in [7, 11) is 0. The SMILES string of the molecule is Cc1cscc1CNCCCN1CCCCC1. The van der Waals surface area contributed by atoms with Gasteiger partial charge in [-0.1, -0.05) is 6.42 Å². The highest BCUT2D eigenvalue weighted by Crippen LogP contribution is 2.13. The van der Waals surface area contributed by atoms with Gasteiger partial charge in [-0.3, -0.25) is 0 Å². The van der Waals surface area contributed by atoms with Crippen molar-refractivity contribution in [2.24, 2.45) is 0 Å². The molecule has 1 aromatic rings. The van der Waals surface area contributed by atoms with Gasteiger partial charge < -0.3 is 10.2 Å². The minimum absolute atomic E-state index is 1.04. The van der Waals surface area contributed by atoms with Gasteiger partial charge in [0.2, 0.25) is 0 Å². The molecular formula is C14H24N2S. The van der Waals surface area contributed by atoms with Gasteiger partial charge in [-0.05, 0) is 74.3 Å². The largest absolute Gasteiger partial charge is 0.313 e. The highest BCUT2D eigenvalue weighted by Gasteiger charge is 2.08. The van der Waals surface area contributed by atoms with Crippen LogP contribution in [0.2, 0.25) is 0 Å². The lowest BCUT2D eigenvalue weighted by atomic mass is 10.1. The van der Waals surface area contributed by atoms with Crippen molar-refractivity contribution in [1.82, 2.24) is 10.2 Å². The minimum atomic E-state index is 1.04. The van der Waals surface area contributed by atoms with Crippen molar-refractivity contribution in [1.29, 1.82) is 0 Å². The van der Waals surface area contributed by atoms with Crippen molar-refractivity contribution in [2.45, 2.75) is 39.2 Å². The van der Waals surface area contributed by atoms with Crippen molar-refractivity contribution < 1.29 is 0 Å². The van der Waals surface area contributed by atoms with E-state index in [-0.39, 0.29) is 0 Å². The third-order valence-electron chi connectivity index (χ3n) is 3.55. The molecule has 0 bridgehead atoms. The number of hydrogen-bond donors (Lipinski definition) is 1. The van der Waals surface area contributed by atoms with Crippen LogP contribution in [0.1, 0.15) is 36.8 Å². The Kier molecular flexibility index (Phi) is 5.49. The quantitative estimate of drug-likeness (QED) is 0.783. The fourth-order valence-corrected chi connectivity index (χ4v) is 3.26. The van der Waals surface area contributed by atoms with Gasteiger partial charge in [-0.2, -0.15) is 11.3 Å². The summed E-state index contributed by atoms with van der Waals surface area (Å²) >= 11 is 1.80. The maximum atomic E-state index is 3.55. The van der Waals surface area contributed by atoms with Gasteiger partial charge in [0.25, 0.3) is 0 Å². The topological polar surface area (TPSA) is 15.3 Å². The Balaban J connectivity index is 1.53. The first-order valence-corrected chi connectivity index (χ1v) is 7.75. The normalized spacial score (nSPS) is 17.5. The van der Waals surface area contributed by atoms with Gasteiger partial charge >= 0.3 is 0 Å². The van der Waals surface area contributed by atoms with Crippen LogP contribution in [-0.2, 0) is 6.54 Å². The molecule has 1 N–H and O–H groups in total. The molecule has 2 heterocycles. The Bertz CT molecular complexity index is 316. The summed E-state index contributed by atoms with van der Waals surface area (Å²) in [6, 6.07) is 0. The van der Waals surface area contributed by atoms with E-state index in [2.05, 4.69) is 27.9 Å². The van der Waals surface area contributed by atoms with E-state index in [9.17, 15) is 0 Å². The summed E-state index contributed by atoms with van der Waals surface area (Å²) in [5.41, 5.74) is 2.89.